The van der Waals surface area contributed by atoms with Crippen LogP contribution in [0.1, 0.15) is 18.0 Å². The molecular weight excluding hydrogens is 378 g/mol. The number of amides is 2. The van der Waals surface area contributed by atoms with Gasteiger partial charge in [0.15, 0.2) is 0 Å². The number of carbonyl (C=O) groups is 2. The van der Waals surface area contributed by atoms with Crippen molar-refractivity contribution in [2.24, 2.45) is 5.92 Å². The number of imide groups is 1. The molecule has 0 radical (unpaired) electrons. The first kappa shape index (κ1) is 17.7. The molecule has 3 saturated heterocycles. The number of fused-ring (bicyclic) bond motifs is 3. The number of anilines is 1. The number of nitrogens with zero attached hydrogens (tertiary/aromatic N) is 3. The van der Waals surface area contributed by atoms with Crippen LogP contribution < -0.4 is 9.64 Å². The zero-order valence-corrected chi connectivity index (χ0v) is 16.2. The lowest BCUT2D eigenvalue weighted by atomic mass is 9.89. The summed E-state index contributed by atoms with van der Waals surface area (Å²) in [5.41, 5.74) is 1.52. The summed E-state index contributed by atoms with van der Waals surface area (Å²) in [4.78, 5) is 28.1. The molecule has 3 heterocycles. The minimum absolute atomic E-state index is 0.164. The molecule has 144 valence electrons. The summed E-state index contributed by atoms with van der Waals surface area (Å²) in [6, 6.07) is 13.9. The molecule has 2 aromatic rings. The highest BCUT2D eigenvalue weighted by Gasteiger charge is 2.63. The van der Waals surface area contributed by atoms with E-state index in [-0.39, 0.29) is 17.9 Å². The molecule has 3 aliphatic heterocycles. The second-order valence-electron chi connectivity index (χ2n) is 7.33. The molecule has 2 aromatic carbocycles. The molecular formula is C21H20ClN3O3. The second-order valence-corrected chi connectivity index (χ2v) is 7.76. The Bertz CT molecular complexity index is 948. The summed E-state index contributed by atoms with van der Waals surface area (Å²) < 4.78 is 5.57. The third-order valence-corrected chi connectivity index (χ3v) is 6.20. The first-order valence-electron chi connectivity index (χ1n) is 9.41. The topological polar surface area (TPSA) is 53.1 Å². The summed E-state index contributed by atoms with van der Waals surface area (Å²) >= 11 is 5.98. The van der Waals surface area contributed by atoms with E-state index in [1.54, 1.807) is 31.4 Å². The third-order valence-electron chi connectivity index (χ3n) is 5.95. The first-order valence-corrected chi connectivity index (χ1v) is 9.79. The van der Waals surface area contributed by atoms with Crippen LogP contribution in [0.25, 0.3) is 0 Å². The van der Waals surface area contributed by atoms with Crippen LogP contribution in [0.15, 0.2) is 48.5 Å². The molecule has 0 saturated carbocycles. The first-order chi connectivity index (χ1) is 13.6. The number of halogens is 1. The number of benzene rings is 2. The molecule has 7 heteroatoms. The van der Waals surface area contributed by atoms with E-state index in [1.165, 1.54) is 4.90 Å². The zero-order valence-electron chi connectivity index (χ0n) is 15.4. The van der Waals surface area contributed by atoms with Gasteiger partial charge in [0.05, 0.1) is 24.8 Å². The van der Waals surface area contributed by atoms with Crippen LogP contribution in [-0.2, 0) is 9.59 Å². The molecule has 2 amide bonds. The Morgan fingerprint density at radius 2 is 1.61 bits per heavy atom. The van der Waals surface area contributed by atoms with Crippen LogP contribution >= 0.6 is 11.6 Å². The highest BCUT2D eigenvalue weighted by atomic mass is 35.5. The van der Waals surface area contributed by atoms with E-state index in [0.717, 1.165) is 30.8 Å². The number of para-hydroxylation sites is 1. The molecule has 28 heavy (non-hydrogen) atoms. The van der Waals surface area contributed by atoms with Gasteiger partial charge in [0.25, 0.3) is 5.91 Å². The number of hydrazine groups is 1. The maximum absolute atomic E-state index is 13.5. The van der Waals surface area contributed by atoms with E-state index in [9.17, 15) is 9.59 Å². The fraction of sp³-hybridized carbons (Fsp3) is 0.333. The highest BCUT2D eigenvalue weighted by molar-refractivity contribution is 6.31. The predicted molar refractivity (Wildman–Crippen MR) is 105 cm³/mol. The fourth-order valence-corrected chi connectivity index (χ4v) is 4.97. The van der Waals surface area contributed by atoms with Crippen LogP contribution in [-0.4, -0.2) is 48.1 Å². The van der Waals surface area contributed by atoms with Gasteiger partial charge in [0.2, 0.25) is 5.91 Å². The summed E-state index contributed by atoms with van der Waals surface area (Å²) in [5.74, 6) is -0.0470. The summed E-state index contributed by atoms with van der Waals surface area (Å²) in [5, 5.41) is 4.83. The Morgan fingerprint density at radius 1 is 0.929 bits per heavy atom. The van der Waals surface area contributed by atoms with Crippen LogP contribution in [0.2, 0.25) is 5.02 Å². The van der Waals surface area contributed by atoms with E-state index >= 15 is 0 Å². The van der Waals surface area contributed by atoms with Crippen molar-refractivity contribution in [1.29, 1.82) is 0 Å². The van der Waals surface area contributed by atoms with Crippen LogP contribution in [0.3, 0.4) is 0 Å². The summed E-state index contributed by atoms with van der Waals surface area (Å²) in [6.07, 6.45) is 0.970. The van der Waals surface area contributed by atoms with E-state index < -0.39 is 12.0 Å². The number of methoxy groups -OCH3 is 1. The fourth-order valence-electron chi connectivity index (χ4n) is 4.84. The average Bonchev–Trinajstić information content (AvgIpc) is 3.35. The molecule has 5 rings (SSSR count). The molecule has 0 N–H and O–H groups in total. The van der Waals surface area contributed by atoms with Crippen LogP contribution in [0.4, 0.5) is 5.69 Å². The van der Waals surface area contributed by atoms with Gasteiger partial charge in [0.1, 0.15) is 11.8 Å². The van der Waals surface area contributed by atoms with E-state index in [1.807, 2.05) is 24.3 Å². The van der Waals surface area contributed by atoms with Crippen molar-refractivity contribution >= 4 is 29.1 Å². The smallest absolute Gasteiger partial charge is 0.253 e. The number of hydrogen-bond acceptors (Lipinski definition) is 5. The van der Waals surface area contributed by atoms with E-state index in [4.69, 9.17) is 16.3 Å². The van der Waals surface area contributed by atoms with Crippen molar-refractivity contribution in [3.05, 3.63) is 59.1 Å². The lowest BCUT2D eigenvalue weighted by Gasteiger charge is -2.30. The van der Waals surface area contributed by atoms with E-state index in [2.05, 4.69) is 10.0 Å². The van der Waals surface area contributed by atoms with Gasteiger partial charge in [0, 0.05) is 23.7 Å². The minimum Gasteiger partial charge on any atom is -0.496 e. The summed E-state index contributed by atoms with van der Waals surface area (Å²) in [6.45, 7) is 1.61. The largest absolute Gasteiger partial charge is 0.496 e. The van der Waals surface area contributed by atoms with Crippen molar-refractivity contribution in [3.8, 4) is 5.75 Å². The van der Waals surface area contributed by atoms with Gasteiger partial charge in [-0.2, -0.15) is 0 Å². The molecule has 0 aromatic heterocycles. The molecule has 3 fully saturated rings. The normalized spacial score (nSPS) is 27.4. The average molecular weight is 398 g/mol. The van der Waals surface area contributed by atoms with Gasteiger partial charge in [-0.3, -0.25) is 9.59 Å². The van der Waals surface area contributed by atoms with Gasteiger partial charge in [-0.25, -0.2) is 14.9 Å². The van der Waals surface area contributed by atoms with Gasteiger partial charge in [-0.05, 0) is 36.8 Å². The maximum atomic E-state index is 13.5. The molecule has 0 aliphatic carbocycles. The standard InChI is InChI=1S/C21H20ClN3O3/c1-28-16-6-3-2-5-15(16)18-17-19(24-12-4-11-23(18)24)21(27)25(20(17)26)14-9-7-13(22)8-10-14/h2-3,5-10,17-19H,4,11-12H2,1H3/t17-,18+,19-/m0/s1. The van der Waals surface area contributed by atoms with Gasteiger partial charge in [-0.15, -0.1) is 0 Å². The monoisotopic (exact) mass is 397 g/mol. The van der Waals surface area contributed by atoms with E-state index in [0.29, 0.717) is 10.7 Å². The van der Waals surface area contributed by atoms with Gasteiger partial charge >= 0.3 is 0 Å². The van der Waals surface area contributed by atoms with Crippen LogP contribution in [0, 0.1) is 5.92 Å². The van der Waals surface area contributed by atoms with Crippen molar-refractivity contribution in [3.63, 3.8) is 0 Å². The Kier molecular flexibility index (Phi) is 4.16. The SMILES string of the molecule is COc1ccccc1[C@@H]1[C@@H]2C(=O)N(c3ccc(Cl)cc3)C(=O)[C@H]2N2CCCN12. The highest BCUT2D eigenvalue weighted by Crippen LogP contribution is 2.50. The number of hydrogen-bond donors (Lipinski definition) is 0. The second kappa shape index (κ2) is 6.58. The molecule has 0 unspecified atom stereocenters. The van der Waals surface area contributed by atoms with Crippen molar-refractivity contribution in [1.82, 2.24) is 10.0 Å². The Hall–Kier alpha value is -2.41. The Morgan fingerprint density at radius 3 is 2.32 bits per heavy atom. The molecule has 3 aliphatic rings. The molecule has 0 bridgehead atoms. The van der Waals surface area contributed by atoms with Gasteiger partial charge in [-0.1, -0.05) is 29.8 Å². The lowest BCUT2D eigenvalue weighted by molar-refractivity contribution is -0.126. The summed E-state index contributed by atoms with van der Waals surface area (Å²) in [7, 11) is 1.63. The minimum atomic E-state index is -0.472. The van der Waals surface area contributed by atoms with Crippen molar-refractivity contribution in [2.75, 3.05) is 25.1 Å². The number of ether oxygens (including phenoxy) is 1. The quantitative estimate of drug-likeness (QED) is 0.745. The molecule has 3 atom stereocenters. The van der Waals surface area contributed by atoms with Crippen LogP contribution in [0.5, 0.6) is 5.75 Å². The third kappa shape index (κ3) is 2.42. The zero-order chi connectivity index (χ0) is 19.4. The van der Waals surface area contributed by atoms with Crippen molar-refractivity contribution < 1.29 is 14.3 Å². The molecule has 0 spiro atoms. The van der Waals surface area contributed by atoms with Crippen molar-refractivity contribution in [2.45, 2.75) is 18.5 Å². The molecule has 6 nitrogen and oxygen atoms in total. The Labute approximate surface area is 168 Å². The maximum Gasteiger partial charge on any atom is 0.253 e. The number of rotatable bonds is 3. The lowest BCUT2D eigenvalue weighted by Crippen LogP contribution is -2.44. The van der Waals surface area contributed by atoms with Gasteiger partial charge < -0.3 is 4.74 Å². The Balaban J connectivity index is 1.60. The number of carbonyl (C=O) groups excluding carboxylic acids is 2. The predicted octanol–water partition coefficient (Wildman–Crippen LogP) is 2.88.